The van der Waals surface area contributed by atoms with Crippen molar-refractivity contribution in [1.29, 1.82) is 0 Å². The third-order valence-electron chi connectivity index (χ3n) is 6.72. The fourth-order valence-corrected chi connectivity index (χ4v) is 5.93. The molecule has 1 saturated heterocycles. The summed E-state index contributed by atoms with van der Waals surface area (Å²) in [6, 6.07) is 14.7. The quantitative estimate of drug-likeness (QED) is 0.324. The van der Waals surface area contributed by atoms with Crippen LogP contribution in [0.5, 0.6) is 0 Å². The second kappa shape index (κ2) is 9.28. The number of aromatic nitrogens is 3. The third kappa shape index (κ3) is 4.67. The second-order valence-electron chi connectivity index (χ2n) is 10.2. The first-order chi connectivity index (χ1) is 16.7. The molecule has 1 unspecified atom stereocenters. The van der Waals surface area contributed by atoms with Crippen LogP contribution in [0.2, 0.25) is 5.02 Å². The minimum absolute atomic E-state index is 0.00744. The fraction of sp³-hybridized carbons (Fsp3) is 0.370. The van der Waals surface area contributed by atoms with Crippen LogP contribution in [0.25, 0.3) is 11.0 Å². The molecule has 35 heavy (non-hydrogen) atoms. The zero-order valence-corrected chi connectivity index (χ0v) is 21.7. The minimum atomic E-state index is -0.841. The molecule has 0 bridgehead atoms. The number of imidazole rings is 1. The molecule has 4 aromatic rings. The van der Waals surface area contributed by atoms with Crippen molar-refractivity contribution in [1.82, 2.24) is 19.4 Å². The van der Waals surface area contributed by atoms with Gasteiger partial charge in [-0.05, 0) is 48.2 Å². The van der Waals surface area contributed by atoms with Gasteiger partial charge in [0.15, 0.2) is 0 Å². The highest BCUT2D eigenvalue weighted by atomic mass is 35.5. The largest absolute Gasteiger partial charge is 0.465 e. The Morgan fingerprint density at radius 1 is 1.11 bits per heavy atom. The number of thiazole rings is 1. The van der Waals surface area contributed by atoms with E-state index >= 15 is 0 Å². The van der Waals surface area contributed by atoms with Gasteiger partial charge in [-0.2, -0.15) is 0 Å². The van der Waals surface area contributed by atoms with Crippen LogP contribution in [0.4, 0.5) is 4.79 Å². The van der Waals surface area contributed by atoms with Gasteiger partial charge in [-0.3, -0.25) is 0 Å². The predicted octanol–water partition coefficient (Wildman–Crippen LogP) is 6.94. The van der Waals surface area contributed by atoms with Crippen LogP contribution in [0.1, 0.15) is 67.5 Å². The predicted molar refractivity (Wildman–Crippen MR) is 141 cm³/mol. The number of amides is 1. The van der Waals surface area contributed by atoms with Crippen LogP contribution in [-0.4, -0.2) is 43.7 Å². The Bertz CT molecular complexity index is 1330. The molecule has 1 fully saturated rings. The highest BCUT2D eigenvalue weighted by molar-refractivity contribution is 7.09. The molecule has 8 heteroatoms. The number of likely N-dealkylation sites (tertiary alicyclic amines) is 1. The molecule has 0 saturated carbocycles. The van der Waals surface area contributed by atoms with Gasteiger partial charge < -0.3 is 14.6 Å². The summed E-state index contributed by atoms with van der Waals surface area (Å²) >= 11 is 7.83. The molecule has 0 radical (unpaired) electrons. The SMILES string of the molecule is CC(C)(C)c1nc2ccc(C(c3ccc(Cl)cc3)c3nccs3)cc2n1C1CCN(C(=O)O)CC1. The molecule has 1 aliphatic heterocycles. The van der Waals surface area contributed by atoms with Gasteiger partial charge in [0.1, 0.15) is 10.8 Å². The molecule has 1 amide bonds. The molecule has 2 aromatic carbocycles. The van der Waals surface area contributed by atoms with Gasteiger partial charge in [0.05, 0.1) is 17.0 Å². The molecular weight excluding hydrogens is 480 g/mol. The van der Waals surface area contributed by atoms with E-state index in [1.165, 1.54) is 4.90 Å². The lowest BCUT2D eigenvalue weighted by atomic mass is 9.91. The molecule has 1 atom stereocenters. The van der Waals surface area contributed by atoms with Gasteiger partial charge >= 0.3 is 6.09 Å². The molecule has 0 spiro atoms. The van der Waals surface area contributed by atoms with E-state index in [4.69, 9.17) is 16.6 Å². The first-order valence-corrected chi connectivity index (χ1v) is 13.1. The average Bonchev–Trinajstić information content (AvgIpc) is 3.48. The van der Waals surface area contributed by atoms with Crippen LogP contribution in [0, 0.1) is 0 Å². The molecule has 3 heterocycles. The van der Waals surface area contributed by atoms with E-state index in [1.807, 2.05) is 23.7 Å². The molecule has 5 rings (SSSR count). The molecule has 6 nitrogen and oxygen atoms in total. The minimum Gasteiger partial charge on any atom is -0.465 e. The van der Waals surface area contributed by atoms with E-state index in [-0.39, 0.29) is 17.4 Å². The summed E-state index contributed by atoms with van der Waals surface area (Å²) < 4.78 is 2.37. The summed E-state index contributed by atoms with van der Waals surface area (Å²) in [5, 5.41) is 13.2. The zero-order valence-electron chi connectivity index (χ0n) is 20.1. The number of rotatable bonds is 4. The summed E-state index contributed by atoms with van der Waals surface area (Å²) in [5.74, 6) is 1.03. The zero-order chi connectivity index (χ0) is 24.7. The van der Waals surface area contributed by atoms with Crippen molar-refractivity contribution in [2.24, 2.45) is 0 Å². The molecule has 1 aliphatic rings. The Morgan fingerprint density at radius 2 is 1.80 bits per heavy atom. The highest BCUT2D eigenvalue weighted by Gasteiger charge is 2.31. The van der Waals surface area contributed by atoms with E-state index < -0.39 is 6.09 Å². The number of benzene rings is 2. The summed E-state index contributed by atoms with van der Waals surface area (Å²) in [7, 11) is 0. The number of halogens is 1. The maximum absolute atomic E-state index is 11.5. The lowest BCUT2D eigenvalue weighted by Crippen LogP contribution is -2.38. The van der Waals surface area contributed by atoms with Crippen molar-refractivity contribution in [3.8, 4) is 0 Å². The maximum atomic E-state index is 11.5. The Morgan fingerprint density at radius 3 is 2.40 bits per heavy atom. The average molecular weight is 509 g/mol. The first-order valence-electron chi connectivity index (χ1n) is 11.9. The van der Waals surface area contributed by atoms with Crippen molar-refractivity contribution in [2.45, 2.75) is 51.0 Å². The smallest absolute Gasteiger partial charge is 0.407 e. The number of nitrogens with zero attached hydrogens (tertiary/aromatic N) is 4. The lowest BCUT2D eigenvalue weighted by molar-refractivity contribution is 0.125. The van der Waals surface area contributed by atoms with Crippen molar-refractivity contribution in [3.05, 3.63) is 81.0 Å². The van der Waals surface area contributed by atoms with Crippen molar-refractivity contribution in [3.63, 3.8) is 0 Å². The summed E-state index contributed by atoms with van der Waals surface area (Å²) in [6.07, 6.45) is 2.56. The van der Waals surface area contributed by atoms with Crippen LogP contribution < -0.4 is 0 Å². The van der Waals surface area contributed by atoms with Gasteiger partial charge in [-0.15, -0.1) is 11.3 Å². The van der Waals surface area contributed by atoms with Crippen LogP contribution in [-0.2, 0) is 5.41 Å². The second-order valence-corrected chi connectivity index (χ2v) is 11.5. The number of hydrogen-bond acceptors (Lipinski definition) is 4. The van der Waals surface area contributed by atoms with E-state index in [9.17, 15) is 9.90 Å². The topological polar surface area (TPSA) is 71.2 Å². The Kier molecular flexibility index (Phi) is 6.32. The van der Waals surface area contributed by atoms with Gasteiger partial charge in [0.25, 0.3) is 0 Å². The Labute approximate surface area is 214 Å². The molecule has 182 valence electrons. The summed E-state index contributed by atoms with van der Waals surface area (Å²) in [6.45, 7) is 7.63. The van der Waals surface area contributed by atoms with E-state index in [0.717, 1.165) is 45.8 Å². The lowest BCUT2D eigenvalue weighted by Gasteiger charge is -2.33. The standard InChI is InChI=1S/C27H29ClN4O2S/c1-27(2,3)25-30-21-9-6-18(16-22(21)32(25)20-10-13-31(14-11-20)26(33)34)23(24-29-12-15-35-24)17-4-7-19(28)8-5-17/h4-9,12,15-16,20,23H,10-11,13-14H2,1-3H3,(H,33,34). The molecule has 1 N–H and O–H groups in total. The number of fused-ring (bicyclic) bond motifs is 1. The molecule has 2 aromatic heterocycles. The number of piperidine rings is 1. The van der Waals surface area contributed by atoms with Crippen molar-refractivity contribution < 1.29 is 9.90 Å². The van der Waals surface area contributed by atoms with Gasteiger partial charge in [-0.25, -0.2) is 14.8 Å². The monoisotopic (exact) mass is 508 g/mol. The van der Waals surface area contributed by atoms with Crippen molar-refractivity contribution in [2.75, 3.05) is 13.1 Å². The number of hydrogen-bond donors (Lipinski definition) is 1. The maximum Gasteiger partial charge on any atom is 0.407 e. The van der Waals surface area contributed by atoms with Gasteiger partial charge in [0, 0.05) is 41.1 Å². The Hall–Kier alpha value is -2.90. The normalized spacial score (nSPS) is 16.1. The highest BCUT2D eigenvalue weighted by Crippen LogP contribution is 2.38. The third-order valence-corrected chi connectivity index (χ3v) is 7.81. The van der Waals surface area contributed by atoms with E-state index in [2.05, 4.69) is 60.7 Å². The first kappa shape index (κ1) is 23.8. The number of carbonyl (C=O) groups is 1. The summed E-state index contributed by atoms with van der Waals surface area (Å²) in [5.41, 5.74) is 4.21. The van der Waals surface area contributed by atoms with Gasteiger partial charge in [-0.1, -0.05) is 50.6 Å². The van der Waals surface area contributed by atoms with E-state index in [0.29, 0.717) is 18.1 Å². The molecular formula is C27H29ClN4O2S. The van der Waals surface area contributed by atoms with Gasteiger partial charge in [0.2, 0.25) is 0 Å². The Balaban J connectivity index is 1.64. The fourth-order valence-electron chi connectivity index (χ4n) is 5.01. The van der Waals surface area contributed by atoms with Crippen LogP contribution in [0.15, 0.2) is 54.0 Å². The number of carboxylic acid groups (broad SMARTS) is 1. The van der Waals surface area contributed by atoms with Crippen LogP contribution >= 0.6 is 22.9 Å². The van der Waals surface area contributed by atoms with E-state index in [1.54, 1.807) is 11.3 Å². The van der Waals surface area contributed by atoms with Crippen LogP contribution in [0.3, 0.4) is 0 Å². The van der Waals surface area contributed by atoms with Crippen molar-refractivity contribution >= 4 is 40.1 Å². The summed E-state index contributed by atoms with van der Waals surface area (Å²) in [4.78, 5) is 22.7. The molecule has 0 aliphatic carbocycles.